The lowest BCUT2D eigenvalue weighted by molar-refractivity contribution is -0.0259. The SMILES string of the molecule is O=C1Nc2c(Cl)cc3cc(CN4CCC(O)(c5cccs5)CC4)oc3c2C2(CCCCC2)N1. The van der Waals surface area contributed by atoms with E-state index in [0.29, 0.717) is 30.1 Å². The topological polar surface area (TPSA) is 77.7 Å². The van der Waals surface area contributed by atoms with Crippen molar-refractivity contribution in [3.63, 3.8) is 0 Å². The smallest absolute Gasteiger partial charge is 0.319 e. The highest BCUT2D eigenvalue weighted by atomic mass is 35.5. The van der Waals surface area contributed by atoms with E-state index in [1.165, 1.54) is 6.42 Å². The Morgan fingerprint density at radius 2 is 1.94 bits per heavy atom. The Hall–Kier alpha value is -2.06. The van der Waals surface area contributed by atoms with Crippen LogP contribution < -0.4 is 10.6 Å². The summed E-state index contributed by atoms with van der Waals surface area (Å²) in [5.41, 5.74) is 1.38. The van der Waals surface area contributed by atoms with Crippen LogP contribution in [-0.2, 0) is 17.7 Å². The maximum Gasteiger partial charge on any atom is 0.319 e. The first kappa shape index (κ1) is 21.5. The molecule has 1 aliphatic carbocycles. The molecular formula is C25H28ClN3O3S. The van der Waals surface area contributed by atoms with Gasteiger partial charge in [0.05, 0.1) is 22.8 Å². The average molecular weight is 486 g/mol. The number of piperidine rings is 1. The number of halogens is 1. The van der Waals surface area contributed by atoms with Gasteiger partial charge in [-0.05, 0) is 49.3 Å². The summed E-state index contributed by atoms with van der Waals surface area (Å²) in [6.45, 7) is 2.31. The average Bonchev–Trinajstić information content (AvgIpc) is 3.47. The Morgan fingerprint density at radius 3 is 2.67 bits per heavy atom. The first-order chi connectivity index (χ1) is 16.0. The van der Waals surface area contributed by atoms with Gasteiger partial charge in [0.15, 0.2) is 0 Å². The lowest BCUT2D eigenvalue weighted by Gasteiger charge is -2.42. The van der Waals surface area contributed by atoms with Crippen LogP contribution in [0.25, 0.3) is 11.0 Å². The van der Waals surface area contributed by atoms with Crippen molar-refractivity contribution in [1.29, 1.82) is 0 Å². The molecule has 8 heteroatoms. The van der Waals surface area contributed by atoms with E-state index in [1.54, 1.807) is 11.3 Å². The van der Waals surface area contributed by atoms with E-state index in [2.05, 4.69) is 21.6 Å². The van der Waals surface area contributed by atoms with Gasteiger partial charge >= 0.3 is 6.03 Å². The second-order valence-electron chi connectivity index (χ2n) is 9.75. The van der Waals surface area contributed by atoms with Crippen molar-refractivity contribution in [2.75, 3.05) is 18.4 Å². The minimum atomic E-state index is -0.720. The van der Waals surface area contributed by atoms with E-state index in [1.807, 2.05) is 23.6 Å². The van der Waals surface area contributed by atoms with Crippen LogP contribution in [0, 0.1) is 0 Å². The van der Waals surface area contributed by atoms with Gasteiger partial charge in [0.2, 0.25) is 0 Å². The van der Waals surface area contributed by atoms with Crippen LogP contribution in [0.5, 0.6) is 0 Å². The Kier molecular flexibility index (Phi) is 5.21. The molecule has 33 heavy (non-hydrogen) atoms. The summed E-state index contributed by atoms with van der Waals surface area (Å²) in [5, 5.41) is 20.8. The molecule has 4 heterocycles. The van der Waals surface area contributed by atoms with Crippen LogP contribution in [0.15, 0.2) is 34.1 Å². The number of anilines is 1. The van der Waals surface area contributed by atoms with Gasteiger partial charge < -0.3 is 20.2 Å². The Morgan fingerprint density at radius 1 is 1.15 bits per heavy atom. The number of likely N-dealkylation sites (tertiary alicyclic amines) is 1. The maximum atomic E-state index is 12.5. The molecule has 0 radical (unpaired) electrons. The molecule has 3 N–H and O–H groups in total. The lowest BCUT2D eigenvalue weighted by Crippen LogP contribution is -2.52. The van der Waals surface area contributed by atoms with Crippen molar-refractivity contribution >= 4 is 45.6 Å². The number of urea groups is 1. The number of aliphatic hydroxyl groups is 1. The zero-order valence-electron chi connectivity index (χ0n) is 18.5. The Balaban J connectivity index is 1.29. The van der Waals surface area contributed by atoms with Crippen LogP contribution in [0.2, 0.25) is 5.02 Å². The van der Waals surface area contributed by atoms with Crippen LogP contribution in [0.4, 0.5) is 10.5 Å². The third-order valence-corrected chi connectivity index (χ3v) is 8.99. The molecule has 0 unspecified atom stereocenters. The second-order valence-corrected chi connectivity index (χ2v) is 11.1. The van der Waals surface area contributed by atoms with Crippen LogP contribution in [-0.4, -0.2) is 29.1 Å². The number of nitrogens with zero attached hydrogens (tertiary/aromatic N) is 1. The predicted molar refractivity (Wildman–Crippen MR) is 131 cm³/mol. The standard InChI is InChI=1S/C25H28ClN3O3S/c26-18-14-16-13-17(15-29-10-8-25(31,9-11-29)19-5-4-12-33-19)32-22(16)20-21(18)27-23(30)28-24(20)6-2-1-3-7-24/h4-5,12-14,31H,1-3,6-11,15H2,(H2,27,28,30). The molecule has 1 saturated heterocycles. The van der Waals surface area contributed by atoms with Gasteiger partial charge in [0.25, 0.3) is 0 Å². The number of rotatable bonds is 3. The van der Waals surface area contributed by atoms with Gasteiger partial charge in [0.1, 0.15) is 16.9 Å². The molecule has 2 amide bonds. The lowest BCUT2D eigenvalue weighted by atomic mass is 9.74. The molecular weight excluding hydrogens is 458 g/mol. The molecule has 3 aliphatic rings. The fourth-order valence-electron chi connectivity index (χ4n) is 5.91. The highest BCUT2D eigenvalue weighted by Gasteiger charge is 2.44. The Bertz CT molecular complexity index is 1190. The van der Waals surface area contributed by atoms with Gasteiger partial charge in [-0.25, -0.2) is 4.79 Å². The second kappa shape index (κ2) is 8.01. The highest BCUT2D eigenvalue weighted by molar-refractivity contribution is 7.10. The summed E-state index contributed by atoms with van der Waals surface area (Å²) < 4.78 is 6.46. The zero-order valence-corrected chi connectivity index (χ0v) is 20.0. The molecule has 6 nitrogen and oxygen atoms in total. The molecule has 2 aliphatic heterocycles. The van der Waals surface area contributed by atoms with Gasteiger partial charge in [-0.2, -0.15) is 0 Å². The highest BCUT2D eigenvalue weighted by Crippen LogP contribution is 2.49. The van der Waals surface area contributed by atoms with Gasteiger partial charge in [-0.1, -0.05) is 36.9 Å². The number of carbonyl (C=O) groups is 1. The summed E-state index contributed by atoms with van der Waals surface area (Å²) in [6, 6.07) is 7.82. The van der Waals surface area contributed by atoms with Gasteiger partial charge in [0, 0.05) is 28.9 Å². The minimum Gasteiger partial charge on any atom is -0.459 e. The van der Waals surface area contributed by atoms with Crippen molar-refractivity contribution in [3.8, 4) is 0 Å². The van der Waals surface area contributed by atoms with Crippen molar-refractivity contribution in [2.45, 2.75) is 62.6 Å². The summed E-state index contributed by atoms with van der Waals surface area (Å²) >= 11 is 8.28. The fraction of sp³-hybridized carbons (Fsp3) is 0.480. The molecule has 0 atom stereocenters. The minimum absolute atomic E-state index is 0.191. The van der Waals surface area contributed by atoms with Crippen molar-refractivity contribution < 1.29 is 14.3 Å². The molecule has 1 saturated carbocycles. The molecule has 6 rings (SSSR count). The quantitative estimate of drug-likeness (QED) is 0.430. The van der Waals surface area contributed by atoms with Crippen molar-refractivity contribution in [1.82, 2.24) is 10.2 Å². The number of thiophene rings is 1. The van der Waals surface area contributed by atoms with E-state index < -0.39 is 11.1 Å². The third kappa shape index (κ3) is 3.66. The number of amides is 2. The fourth-order valence-corrected chi connectivity index (χ4v) is 7.05. The molecule has 1 aromatic carbocycles. The number of nitrogens with one attached hydrogen (secondary N) is 2. The van der Waals surface area contributed by atoms with E-state index in [4.69, 9.17) is 16.0 Å². The van der Waals surface area contributed by atoms with Crippen molar-refractivity contribution in [2.24, 2.45) is 0 Å². The van der Waals surface area contributed by atoms with E-state index in [9.17, 15) is 9.90 Å². The molecule has 2 fully saturated rings. The number of benzene rings is 1. The largest absolute Gasteiger partial charge is 0.459 e. The van der Waals surface area contributed by atoms with E-state index in [0.717, 1.165) is 65.9 Å². The molecule has 0 bridgehead atoms. The number of fused-ring (bicyclic) bond motifs is 4. The molecule has 1 spiro atoms. The first-order valence-corrected chi connectivity index (χ1v) is 13.0. The van der Waals surface area contributed by atoms with Crippen LogP contribution >= 0.6 is 22.9 Å². The summed E-state index contributed by atoms with van der Waals surface area (Å²) in [4.78, 5) is 15.8. The molecule has 174 valence electrons. The summed E-state index contributed by atoms with van der Waals surface area (Å²) in [6.07, 6.45) is 6.55. The Labute approximate surface area is 201 Å². The maximum absolute atomic E-state index is 12.5. The predicted octanol–water partition coefficient (Wildman–Crippen LogP) is 5.93. The first-order valence-electron chi connectivity index (χ1n) is 11.8. The van der Waals surface area contributed by atoms with E-state index in [-0.39, 0.29) is 6.03 Å². The number of hydrogen-bond acceptors (Lipinski definition) is 5. The van der Waals surface area contributed by atoms with E-state index >= 15 is 0 Å². The van der Waals surface area contributed by atoms with Crippen LogP contribution in [0.1, 0.15) is 61.1 Å². The normalized spacial score (nSPS) is 22.2. The van der Waals surface area contributed by atoms with Crippen molar-refractivity contribution in [3.05, 3.63) is 50.9 Å². The van der Waals surface area contributed by atoms with Gasteiger partial charge in [-0.15, -0.1) is 11.3 Å². The summed E-state index contributed by atoms with van der Waals surface area (Å²) in [7, 11) is 0. The van der Waals surface area contributed by atoms with Gasteiger partial charge in [-0.3, -0.25) is 4.90 Å². The monoisotopic (exact) mass is 485 g/mol. The number of hydrogen-bond donors (Lipinski definition) is 3. The molecule has 3 aromatic rings. The number of furan rings is 1. The number of carbonyl (C=O) groups excluding carboxylic acids is 1. The van der Waals surface area contributed by atoms with Crippen LogP contribution in [0.3, 0.4) is 0 Å². The third-order valence-electron chi connectivity index (χ3n) is 7.63. The molecule has 2 aromatic heterocycles. The zero-order chi connectivity index (χ0) is 22.6. The summed E-state index contributed by atoms with van der Waals surface area (Å²) in [5.74, 6) is 0.888.